The van der Waals surface area contributed by atoms with E-state index in [0.29, 0.717) is 22.1 Å². The molecule has 2 N–H and O–H groups in total. The van der Waals surface area contributed by atoms with Gasteiger partial charge in [0.25, 0.3) is 5.91 Å². The van der Waals surface area contributed by atoms with Gasteiger partial charge in [-0.05, 0) is 48.7 Å². The number of carbonyl (C=O) groups is 2. The van der Waals surface area contributed by atoms with E-state index in [-0.39, 0.29) is 18.4 Å². The second-order valence-corrected chi connectivity index (χ2v) is 6.88. The summed E-state index contributed by atoms with van der Waals surface area (Å²) in [6.45, 7) is 0.0105. The van der Waals surface area contributed by atoms with Crippen LogP contribution in [0, 0.1) is 0 Å². The number of ether oxygens (including phenoxy) is 1. The number of benzene rings is 2. The molecule has 0 saturated heterocycles. The quantitative estimate of drug-likeness (QED) is 0.880. The second-order valence-electron chi connectivity index (χ2n) is 6.45. The van der Waals surface area contributed by atoms with Crippen molar-refractivity contribution in [3.05, 3.63) is 53.1 Å². The van der Waals surface area contributed by atoms with E-state index in [2.05, 4.69) is 10.6 Å². The summed E-state index contributed by atoms with van der Waals surface area (Å²) in [5.74, 6) is 0.347. The molecule has 4 rings (SSSR count). The van der Waals surface area contributed by atoms with Crippen molar-refractivity contribution in [2.24, 2.45) is 0 Å². The molecule has 2 aliphatic rings. The van der Waals surface area contributed by atoms with Crippen molar-refractivity contribution in [1.29, 1.82) is 0 Å². The van der Waals surface area contributed by atoms with E-state index in [1.165, 1.54) is 0 Å². The lowest BCUT2D eigenvalue weighted by Crippen LogP contribution is -2.46. The summed E-state index contributed by atoms with van der Waals surface area (Å²) in [6, 6.07) is 12.7. The van der Waals surface area contributed by atoms with Gasteiger partial charge in [0.15, 0.2) is 6.61 Å². The van der Waals surface area contributed by atoms with E-state index in [4.69, 9.17) is 16.3 Å². The summed E-state index contributed by atoms with van der Waals surface area (Å²) in [5.41, 5.74) is 1.60. The molecule has 0 aromatic heterocycles. The highest BCUT2D eigenvalue weighted by Gasteiger charge is 2.45. The number of halogens is 1. The Morgan fingerprint density at radius 3 is 2.76 bits per heavy atom. The van der Waals surface area contributed by atoms with Crippen LogP contribution in [0.3, 0.4) is 0 Å². The average molecular weight is 357 g/mol. The van der Waals surface area contributed by atoms with Crippen LogP contribution in [0.1, 0.15) is 24.8 Å². The zero-order chi connectivity index (χ0) is 17.4. The maximum Gasteiger partial charge on any atom is 0.262 e. The van der Waals surface area contributed by atoms with Crippen molar-refractivity contribution in [1.82, 2.24) is 0 Å². The number of carbonyl (C=O) groups excluding carboxylic acids is 2. The molecule has 1 aliphatic carbocycles. The summed E-state index contributed by atoms with van der Waals surface area (Å²) >= 11 is 6.10. The topological polar surface area (TPSA) is 67.4 Å². The van der Waals surface area contributed by atoms with Gasteiger partial charge >= 0.3 is 0 Å². The molecule has 1 aliphatic heterocycles. The first-order chi connectivity index (χ1) is 12.1. The molecule has 6 heteroatoms. The van der Waals surface area contributed by atoms with Crippen LogP contribution in [-0.4, -0.2) is 18.4 Å². The first-order valence-corrected chi connectivity index (χ1v) is 8.59. The SMILES string of the molecule is O=C1COc2ccc(NC(=O)C3(c4cccc(Cl)c4)CCC3)cc2N1. The molecule has 0 unspecified atom stereocenters. The maximum absolute atomic E-state index is 13.0. The van der Waals surface area contributed by atoms with Crippen LogP contribution in [0.5, 0.6) is 5.75 Å². The number of amides is 2. The van der Waals surface area contributed by atoms with Crippen molar-refractivity contribution in [2.45, 2.75) is 24.7 Å². The van der Waals surface area contributed by atoms with Crippen molar-refractivity contribution < 1.29 is 14.3 Å². The standard InChI is InChI=1S/C19H17ClN2O3/c20-13-4-1-3-12(9-13)19(7-2-8-19)18(24)21-14-5-6-16-15(10-14)22-17(23)11-25-16/h1,3-6,9-10H,2,7-8,11H2,(H,21,24)(H,22,23). The van der Waals surface area contributed by atoms with E-state index < -0.39 is 5.41 Å². The minimum absolute atomic E-state index is 0.0105. The second kappa shape index (κ2) is 6.08. The summed E-state index contributed by atoms with van der Waals surface area (Å²) in [4.78, 5) is 24.4. The van der Waals surface area contributed by atoms with Gasteiger partial charge in [-0.2, -0.15) is 0 Å². The van der Waals surface area contributed by atoms with Crippen LogP contribution < -0.4 is 15.4 Å². The van der Waals surface area contributed by atoms with Crippen LogP contribution in [-0.2, 0) is 15.0 Å². The van der Waals surface area contributed by atoms with Gasteiger partial charge < -0.3 is 15.4 Å². The number of anilines is 2. The Labute approximate surface area is 150 Å². The summed E-state index contributed by atoms with van der Waals surface area (Å²) in [5, 5.41) is 6.36. The van der Waals surface area contributed by atoms with Gasteiger partial charge in [-0.1, -0.05) is 30.2 Å². The highest BCUT2D eigenvalue weighted by atomic mass is 35.5. The number of hydrogen-bond acceptors (Lipinski definition) is 3. The molecule has 2 amide bonds. The van der Waals surface area contributed by atoms with Crippen molar-refractivity contribution in [2.75, 3.05) is 17.2 Å². The Kier molecular flexibility index (Phi) is 3.88. The van der Waals surface area contributed by atoms with Gasteiger partial charge in [-0.3, -0.25) is 9.59 Å². The zero-order valence-electron chi connectivity index (χ0n) is 13.5. The van der Waals surface area contributed by atoms with Gasteiger partial charge in [0.05, 0.1) is 11.1 Å². The lowest BCUT2D eigenvalue weighted by atomic mass is 9.64. The highest BCUT2D eigenvalue weighted by molar-refractivity contribution is 6.30. The molecule has 0 bridgehead atoms. The molecule has 1 heterocycles. The fourth-order valence-corrected chi connectivity index (χ4v) is 3.57. The molecule has 0 atom stereocenters. The van der Waals surface area contributed by atoms with Gasteiger partial charge in [-0.15, -0.1) is 0 Å². The maximum atomic E-state index is 13.0. The third-order valence-electron chi connectivity index (χ3n) is 4.89. The average Bonchev–Trinajstić information content (AvgIpc) is 2.53. The van der Waals surface area contributed by atoms with E-state index in [0.717, 1.165) is 24.8 Å². The monoisotopic (exact) mass is 356 g/mol. The van der Waals surface area contributed by atoms with Gasteiger partial charge in [0.2, 0.25) is 5.91 Å². The van der Waals surface area contributed by atoms with Crippen molar-refractivity contribution in [3.63, 3.8) is 0 Å². The molecule has 2 aromatic carbocycles. The Balaban J connectivity index is 1.59. The van der Waals surface area contributed by atoms with Crippen LogP contribution in [0.15, 0.2) is 42.5 Å². The molecule has 0 spiro atoms. The number of hydrogen-bond donors (Lipinski definition) is 2. The minimum Gasteiger partial charge on any atom is -0.482 e. The van der Waals surface area contributed by atoms with Crippen molar-refractivity contribution in [3.8, 4) is 5.75 Å². The summed E-state index contributed by atoms with van der Waals surface area (Å²) in [7, 11) is 0. The summed E-state index contributed by atoms with van der Waals surface area (Å²) in [6.07, 6.45) is 2.60. The van der Waals surface area contributed by atoms with E-state index in [1.54, 1.807) is 18.2 Å². The summed E-state index contributed by atoms with van der Waals surface area (Å²) < 4.78 is 5.34. The van der Waals surface area contributed by atoms with Crippen molar-refractivity contribution >= 4 is 34.8 Å². The van der Waals surface area contributed by atoms with E-state index in [9.17, 15) is 9.59 Å². The molecular weight excluding hydrogens is 340 g/mol. The smallest absolute Gasteiger partial charge is 0.262 e. The Hall–Kier alpha value is -2.53. The molecule has 2 aromatic rings. The Morgan fingerprint density at radius 1 is 1.20 bits per heavy atom. The third-order valence-corrected chi connectivity index (χ3v) is 5.12. The largest absolute Gasteiger partial charge is 0.482 e. The third kappa shape index (κ3) is 2.85. The number of fused-ring (bicyclic) bond motifs is 1. The molecule has 5 nitrogen and oxygen atoms in total. The predicted octanol–water partition coefficient (Wildman–Crippen LogP) is 3.73. The molecule has 1 saturated carbocycles. The fraction of sp³-hybridized carbons (Fsp3) is 0.263. The van der Waals surface area contributed by atoms with E-state index in [1.807, 2.05) is 24.3 Å². The Bertz CT molecular complexity index is 861. The lowest BCUT2D eigenvalue weighted by Gasteiger charge is -2.40. The minimum atomic E-state index is -0.541. The highest BCUT2D eigenvalue weighted by Crippen LogP contribution is 2.45. The molecule has 1 fully saturated rings. The number of nitrogens with one attached hydrogen (secondary N) is 2. The normalized spacial score (nSPS) is 17.6. The molecular formula is C19H17ClN2O3. The van der Waals surface area contributed by atoms with Gasteiger partial charge in [0.1, 0.15) is 5.75 Å². The fourth-order valence-electron chi connectivity index (χ4n) is 3.37. The zero-order valence-corrected chi connectivity index (χ0v) is 14.2. The van der Waals surface area contributed by atoms with Gasteiger partial charge in [0, 0.05) is 10.7 Å². The lowest BCUT2D eigenvalue weighted by molar-refractivity contribution is -0.124. The van der Waals surface area contributed by atoms with Gasteiger partial charge in [-0.25, -0.2) is 0 Å². The first kappa shape index (κ1) is 16.0. The first-order valence-electron chi connectivity index (χ1n) is 8.21. The molecule has 0 radical (unpaired) electrons. The van der Waals surface area contributed by atoms with Crippen LogP contribution in [0.25, 0.3) is 0 Å². The van der Waals surface area contributed by atoms with Crippen LogP contribution >= 0.6 is 11.6 Å². The Morgan fingerprint density at radius 2 is 2.04 bits per heavy atom. The molecule has 25 heavy (non-hydrogen) atoms. The van der Waals surface area contributed by atoms with Crippen LogP contribution in [0.2, 0.25) is 5.02 Å². The molecule has 128 valence electrons. The van der Waals surface area contributed by atoms with Crippen LogP contribution in [0.4, 0.5) is 11.4 Å². The number of rotatable bonds is 3. The predicted molar refractivity (Wildman–Crippen MR) is 96.2 cm³/mol. The van der Waals surface area contributed by atoms with E-state index >= 15 is 0 Å².